The molecule has 0 unspecified atom stereocenters. The van der Waals surface area contributed by atoms with E-state index in [0.717, 1.165) is 22.9 Å². The molecule has 0 saturated heterocycles. The minimum atomic E-state index is -0.228. The quantitative estimate of drug-likeness (QED) is 0.623. The molecule has 0 spiro atoms. The molecule has 28 heavy (non-hydrogen) atoms. The number of fused-ring (bicyclic) bond motifs is 1. The van der Waals surface area contributed by atoms with Crippen LogP contribution in [0, 0.1) is 0 Å². The van der Waals surface area contributed by atoms with Crippen molar-refractivity contribution < 1.29 is 19.5 Å². The number of nitrogens with zero attached hydrogens (tertiary/aromatic N) is 2. The van der Waals surface area contributed by atoms with Crippen molar-refractivity contribution in [3.8, 4) is 22.8 Å². The van der Waals surface area contributed by atoms with E-state index in [2.05, 4.69) is 5.16 Å². The Morgan fingerprint density at radius 3 is 2.68 bits per heavy atom. The molecule has 4 rings (SSSR count). The van der Waals surface area contributed by atoms with E-state index in [1.165, 1.54) is 6.07 Å². The molecule has 1 aliphatic heterocycles. The SMILES string of the molecule is NCc1ccc(C(=O)N2CCc3noc(-c4cc(Cl)c(O)cc4O)c3C2)cc1. The van der Waals surface area contributed by atoms with Crippen LogP contribution in [0.3, 0.4) is 0 Å². The fraction of sp³-hybridized carbons (Fsp3) is 0.200. The molecule has 144 valence electrons. The smallest absolute Gasteiger partial charge is 0.254 e. The van der Waals surface area contributed by atoms with Crippen LogP contribution in [0.5, 0.6) is 11.5 Å². The molecule has 0 fully saturated rings. The summed E-state index contributed by atoms with van der Waals surface area (Å²) < 4.78 is 5.44. The maximum atomic E-state index is 12.9. The maximum absolute atomic E-state index is 12.9. The van der Waals surface area contributed by atoms with Gasteiger partial charge in [0.15, 0.2) is 5.76 Å². The number of nitrogens with two attached hydrogens (primary N) is 1. The topological polar surface area (TPSA) is 113 Å². The average molecular weight is 400 g/mol. The minimum absolute atomic E-state index is 0.0849. The van der Waals surface area contributed by atoms with E-state index in [1.807, 2.05) is 12.1 Å². The lowest BCUT2D eigenvalue weighted by atomic mass is 10.00. The number of phenolic OH excluding ortho intramolecular Hbond substituents is 2. The summed E-state index contributed by atoms with van der Waals surface area (Å²) in [6, 6.07) is 9.77. The largest absolute Gasteiger partial charge is 0.507 e. The number of benzene rings is 2. The molecule has 0 radical (unpaired) electrons. The lowest BCUT2D eigenvalue weighted by molar-refractivity contribution is 0.0734. The van der Waals surface area contributed by atoms with E-state index < -0.39 is 0 Å². The number of carbonyl (C=O) groups is 1. The van der Waals surface area contributed by atoms with E-state index in [1.54, 1.807) is 17.0 Å². The molecule has 7 nitrogen and oxygen atoms in total. The summed E-state index contributed by atoms with van der Waals surface area (Å²) in [6.07, 6.45) is 0.540. The number of amides is 1. The van der Waals surface area contributed by atoms with Gasteiger partial charge in [0.2, 0.25) is 0 Å². The molecule has 1 aliphatic rings. The summed E-state index contributed by atoms with van der Waals surface area (Å²) in [6.45, 7) is 1.23. The number of phenols is 2. The summed E-state index contributed by atoms with van der Waals surface area (Å²) in [4.78, 5) is 14.6. The van der Waals surface area contributed by atoms with Gasteiger partial charge in [-0.05, 0) is 23.8 Å². The van der Waals surface area contributed by atoms with Crippen molar-refractivity contribution >= 4 is 17.5 Å². The van der Waals surface area contributed by atoms with Crippen molar-refractivity contribution in [1.29, 1.82) is 0 Å². The van der Waals surface area contributed by atoms with Gasteiger partial charge < -0.3 is 25.4 Å². The summed E-state index contributed by atoms with van der Waals surface area (Å²) in [5.74, 6) is -0.171. The number of carbonyl (C=O) groups excluding carboxylic acids is 1. The fourth-order valence-corrected chi connectivity index (χ4v) is 3.46. The molecule has 0 atom stereocenters. The average Bonchev–Trinajstić information content (AvgIpc) is 3.13. The Kier molecular flexibility index (Phi) is 4.70. The van der Waals surface area contributed by atoms with Crippen molar-refractivity contribution in [2.24, 2.45) is 5.73 Å². The molecule has 0 saturated carbocycles. The number of halogens is 1. The van der Waals surface area contributed by atoms with E-state index in [-0.39, 0.29) is 22.4 Å². The van der Waals surface area contributed by atoms with Gasteiger partial charge in [0.1, 0.15) is 11.5 Å². The highest BCUT2D eigenvalue weighted by Crippen LogP contribution is 2.40. The number of aromatic hydroxyl groups is 2. The molecular weight excluding hydrogens is 382 g/mol. The van der Waals surface area contributed by atoms with Crippen LogP contribution in [-0.2, 0) is 19.5 Å². The normalized spacial score (nSPS) is 13.4. The Morgan fingerprint density at radius 1 is 1.21 bits per heavy atom. The van der Waals surface area contributed by atoms with Crippen molar-refractivity contribution in [3.05, 3.63) is 63.8 Å². The molecule has 4 N–H and O–H groups in total. The Morgan fingerprint density at radius 2 is 1.96 bits per heavy atom. The Hall–Kier alpha value is -3.03. The zero-order valence-corrected chi connectivity index (χ0v) is 15.6. The van der Waals surface area contributed by atoms with Crippen LogP contribution in [-0.4, -0.2) is 32.7 Å². The maximum Gasteiger partial charge on any atom is 0.254 e. The van der Waals surface area contributed by atoms with Gasteiger partial charge >= 0.3 is 0 Å². The highest BCUT2D eigenvalue weighted by Gasteiger charge is 2.29. The second-order valence-electron chi connectivity index (χ2n) is 6.64. The van der Waals surface area contributed by atoms with Crippen molar-refractivity contribution in [3.63, 3.8) is 0 Å². The zero-order valence-electron chi connectivity index (χ0n) is 14.9. The monoisotopic (exact) mass is 399 g/mol. The van der Waals surface area contributed by atoms with Crippen molar-refractivity contribution in [2.45, 2.75) is 19.5 Å². The third-order valence-electron chi connectivity index (χ3n) is 4.87. The lowest BCUT2D eigenvalue weighted by Gasteiger charge is -2.26. The van der Waals surface area contributed by atoms with Crippen LogP contribution in [0.25, 0.3) is 11.3 Å². The lowest BCUT2D eigenvalue weighted by Crippen LogP contribution is -2.35. The highest BCUT2D eigenvalue weighted by molar-refractivity contribution is 6.32. The zero-order chi connectivity index (χ0) is 19.8. The van der Waals surface area contributed by atoms with Gasteiger partial charge in [0.25, 0.3) is 5.91 Å². The first-order chi connectivity index (χ1) is 13.5. The van der Waals surface area contributed by atoms with Gasteiger partial charge in [-0.1, -0.05) is 28.9 Å². The van der Waals surface area contributed by atoms with Gasteiger partial charge in [-0.25, -0.2) is 0 Å². The molecule has 0 aliphatic carbocycles. The van der Waals surface area contributed by atoms with Crippen LogP contribution < -0.4 is 5.73 Å². The predicted octanol–water partition coefficient (Wildman–Crippen LogP) is 3.06. The molecule has 8 heteroatoms. The van der Waals surface area contributed by atoms with E-state index >= 15 is 0 Å². The number of rotatable bonds is 3. The Labute approximate surface area is 165 Å². The van der Waals surface area contributed by atoms with Gasteiger partial charge in [-0.15, -0.1) is 0 Å². The van der Waals surface area contributed by atoms with Crippen molar-refractivity contribution in [2.75, 3.05) is 6.54 Å². The van der Waals surface area contributed by atoms with Crippen molar-refractivity contribution in [1.82, 2.24) is 10.1 Å². The van der Waals surface area contributed by atoms with E-state index in [0.29, 0.717) is 42.9 Å². The predicted molar refractivity (Wildman–Crippen MR) is 103 cm³/mol. The summed E-state index contributed by atoms with van der Waals surface area (Å²) in [5.41, 5.74) is 8.91. The van der Waals surface area contributed by atoms with Crippen LogP contribution in [0.2, 0.25) is 5.02 Å². The molecule has 0 bridgehead atoms. The third-order valence-corrected chi connectivity index (χ3v) is 5.17. The molecule has 2 aromatic carbocycles. The first kappa shape index (κ1) is 18.3. The van der Waals surface area contributed by atoms with Gasteiger partial charge in [-0.2, -0.15) is 0 Å². The Balaban J connectivity index is 1.64. The van der Waals surface area contributed by atoms with Crippen LogP contribution in [0.4, 0.5) is 0 Å². The highest BCUT2D eigenvalue weighted by atomic mass is 35.5. The summed E-state index contributed by atoms with van der Waals surface area (Å²) >= 11 is 5.97. The molecule has 2 heterocycles. The Bertz CT molecular complexity index is 1050. The van der Waals surface area contributed by atoms with E-state index in [9.17, 15) is 15.0 Å². The summed E-state index contributed by atoms with van der Waals surface area (Å²) in [7, 11) is 0. The molecule has 1 aromatic heterocycles. The second kappa shape index (κ2) is 7.18. The first-order valence-corrected chi connectivity index (χ1v) is 9.13. The van der Waals surface area contributed by atoms with Gasteiger partial charge in [0, 0.05) is 36.7 Å². The first-order valence-electron chi connectivity index (χ1n) is 8.75. The number of aromatic nitrogens is 1. The van der Waals surface area contributed by atoms with E-state index in [4.69, 9.17) is 21.9 Å². The van der Waals surface area contributed by atoms with Gasteiger partial charge in [0.05, 0.1) is 22.8 Å². The van der Waals surface area contributed by atoms with Crippen LogP contribution in [0.15, 0.2) is 40.9 Å². The fourth-order valence-electron chi connectivity index (χ4n) is 3.30. The molecule has 1 amide bonds. The number of hydrogen-bond donors (Lipinski definition) is 3. The minimum Gasteiger partial charge on any atom is -0.507 e. The summed E-state index contributed by atoms with van der Waals surface area (Å²) in [5, 5.41) is 24.0. The number of hydrogen-bond acceptors (Lipinski definition) is 6. The van der Waals surface area contributed by atoms with Crippen LogP contribution >= 0.6 is 11.6 Å². The van der Waals surface area contributed by atoms with Gasteiger partial charge in [-0.3, -0.25) is 4.79 Å². The molecule has 3 aromatic rings. The second-order valence-corrected chi connectivity index (χ2v) is 7.04. The van der Waals surface area contributed by atoms with Crippen LogP contribution in [0.1, 0.15) is 27.2 Å². The standard InChI is InChI=1S/C20H18ClN3O4/c21-15-7-13(17(25)8-18(15)26)19-14-10-24(6-5-16(14)23-28-19)20(27)12-3-1-11(9-22)2-4-12/h1-4,7-8,25-26H,5-6,9-10,22H2. The third kappa shape index (κ3) is 3.19. The molecular formula is C20H18ClN3O4.